The number of aliphatic hydroxyl groups is 1. The highest BCUT2D eigenvalue weighted by molar-refractivity contribution is 7.13. The molecule has 130 valence electrons. The molecule has 0 fully saturated rings. The van der Waals surface area contributed by atoms with E-state index < -0.39 is 0 Å². The lowest BCUT2D eigenvalue weighted by atomic mass is 10.1. The fourth-order valence-electron chi connectivity index (χ4n) is 2.41. The quantitative estimate of drug-likeness (QED) is 0.670. The van der Waals surface area contributed by atoms with Crippen LogP contribution in [0.2, 0.25) is 0 Å². The lowest BCUT2D eigenvalue weighted by Gasteiger charge is -2.01. The first kappa shape index (κ1) is 17.2. The van der Waals surface area contributed by atoms with Gasteiger partial charge in [-0.05, 0) is 25.5 Å². The van der Waals surface area contributed by atoms with E-state index in [0.29, 0.717) is 17.7 Å². The van der Waals surface area contributed by atoms with E-state index in [0.717, 1.165) is 27.7 Å². The summed E-state index contributed by atoms with van der Waals surface area (Å²) in [4.78, 5) is 21.0. The van der Waals surface area contributed by atoms with Crippen LogP contribution in [-0.2, 0) is 12.8 Å². The maximum absolute atomic E-state index is 11.9. The topological polar surface area (TPSA) is 101 Å². The number of aliphatic hydroxyl groups excluding tert-OH is 1. The number of carbonyl (C=O) groups is 1. The lowest BCUT2D eigenvalue weighted by Crippen LogP contribution is -2.25. The van der Waals surface area contributed by atoms with Crippen molar-refractivity contribution in [3.05, 3.63) is 51.8 Å². The molecule has 1 amide bonds. The van der Waals surface area contributed by atoms with Crippen LogP contribution in [0.1, 0.15) is 26.0 Å². The Morgan fingerprint density at radius 1 is 1.32 bits per heavy atom. The average molecular weight is 358 g/mol. The third kappa shape index (κ3) is 4.09. The number of aromatic nitrogens is 3. The average Bonchev–Trinajstić information content (AvgIpc) is 3.25. The molecule has 0 aliphatic rings. The van der Waals surface area contributed by atoms with Gasteiger partial charge in [0.1, 0.15) is 16.3 Å². The third-order valence-corrected chi connectivity index (χ3v) is 4.71. The van der Waals surface area contributed by atoms with Crippen molar-refractivity contribution < 1.29 is 14.4 Å². The molecule has 3 aromatic heterocycles. The molecular formula is C17H18N4O3S. The van der Waals surface area contributed by atoms with Crippen molar-refractivity contribution in [3.63, 3.8) is 0 Å². The van der Waals surface area contributed by atoms with Gasteiger partial charge < -0.3 is 14.9 Å². The SMILES string of the molecule is Cc1onc(-c2ccccn2)c1CCc1ncc(C(=O)NCCO)s1. The van der Waals surface area contributed by atoms with E-state index >= 15 is 0 Å². The van der Waals surface area contributed by atoms with Gasteiger partial charge in [-0.15, -0.1) is 11.3 Å². The Morgan fingerprint density at radius 3 is 2.96 bits per heavy atom. The van der Waals surface area contributed by atoms with E-state index in [2.05, 4.69) is 20.4 Å². The van der Waals surface area contributed by atoms with Crippen LogP contribution in [0.4, 0.5) is 0 Å². The molecule has 0 saturated carbocycles. The van der Waals surface area contributed by atoms with Gasteiger partial charge in [0.15, 0.2) is 0 Å². The lowest BCUT2D eigenvalue weighted by molar-refractivity contribution is 0.0948. The standard InChI is InChI=1S/C17H18N4O3S/c1-11-12(16(21-24-11)13-4-2-3-7-18-13)5-6-15-20-10-14(25-15)17(23)19-8-9-22/h2-4,7,10,22H,5-6,8-9H2,1H3,(H,19,23). The monoisotopic (exact) mass is 358 g/mol. The molecular weight excluding hydrogens is 340 g/mol. The molecule has 8 heteroatoms. The highest BCUT2D eigenvalue weighted by atomic mass is 32.1. The minimum atomic E-state index is -0.215. The van der Waals surface area contributed by atoms with Crippen LogP contribution >= 0.6 is 11.3 Å². The van der Waals surface area contributed by atoms with Gasteiger partial charge in [0.2, 0.25) is 0 Å². The normalized spacial score (nSPS) is 10.8. The maximum Gasteiger partial charge on any atom is 0.263 e. The van der Waals surface area contributed by atoms with Gasteiger partial charge in [0, 0.05) is 24.7 Å². The van der Waals surface area contributed by atoms with E-state index in [9.17, 15) is 4.79 Å². The number of thiazole rings is 1. The summed E-state index contributed by atoms with van der Waals surface area (Å²) in [5, 5.41) is 16.4. The Hall–Kier alpha value is -2.58. The molecule has 2 N–H and O–H groups in total. The molecule has 0 unspecified atom stereocenters. The van der Waals surface area contributed by atoms with E-state index in [1.54, 1.807) is 12.4 Å². The minimum Gasteiger partial charge on any atom is -0.395 e. The Morgan fingerprint density at radius 2 is 2.20 bits per heavy atom. The second-order valence-electron chi connectivity index (χ2n) is 5.38. The van der Waals surface area contributed by atoms with Gasteiger partial charge in [-0.25, -0.2) is 4.98 Å². The zero-order valence-corrected chi connectivity index (χ0v) is 14.5. The first-order chi connectivity index (χ1) is 12.2. The Bertz CT molecular complexity index is 845. The minimum absolute atomic E-state index is 0.0829. The van der Waals surface area contributed by atoms with Crippen LogP contribution in [0.15, 0.2) is 35.1 Å². The summed E-state index contributed by atoms with van der Waals surface area (Å²) in [6.07, 6.45) is 4.67. The molecule has 3 aromatic rings. The van der Waals surface area contributed by atoms with Gasteiger partial charge in [0.25, 0.3) is 5.91 Å². The number of amides is 1. The van der Waals surface area contributed by atoms with Gasteiger partial charge in [-0.1, -0.05) is 11.2 Å². The van der Waals surface area contributed by atoms with Crippen molar-refractivity contribution in [2.24, 2.45) is 0 Å². The maximum atomic E-state index is 11.9. The molecule has 0 aliphatic heterocycles. The van der Waals surface area contributed by atoms with Gasteiger partial charge in [0.05, 0.1) is 23.5 Å². The largest absolute Gasteiger partial charge is 0.395 e. The molecule has 3 heterocycles. The third-order valence-electron chi connectivity index (χ3n) is 3.66. The van der Waals surface area contributed by atoms with Crippen LogP contribution in [0.3, 0.4) is 0 Å². The number of hydrogen-bond donors (Lipinski definition) is 2. The van der Waals surface area contributed by atoms with Gasteiger partial charge in [-0.2, -0.15) is 0 Å². The molecule has 0 saturated heterocycles. The number of carbonyl (C=O) groups excluding carboxylic acids is 1. The molecule has 0 atom stereocenters. The molecule has 0 aliphatic carbocycles. The van der Waals surface area contributed by atoms with Gasteiger partial charge in [-0.3, -0.25) is 9.78 Å². The highest BCUT2D eigenvalue weighted by Crippen LogP contribution is 2.25. The van der Waals surface area contributed by atoms with E-state index in [1.165, 1.54) is 11.3 Å². The first-order valence-corrected chi connectivity index (χ1v) is 8.71. The first-order valence-electron chi connectivity index (χ1n) is 7.89. The number of aryl methyl sites for hydroxylation is 2. The summed E-state index contributed by atoms with van der Waals surface area (Å²) in [6.45, 7) is 2.03. The fraction of sp³-hybridized carbons (Fsp3) is 0.294. The number of pyridine rings is 1. The highest BCUT2D eigenvalue weighted by Gasteiger charge is 2.17. The van der Waals surface area contributed by atoms with Crippen LogP contribution in [-0.4, -0.2) is 39.3 Å². The second kappa shape index (κ2) is 8.00. The molecule has 0 aromatic carbocycles. The summed E-state index contributed by atoms with van der Waals surface area (Å²) in [5.41, 5.74) is 2.52. The predicted octanol–water partition coefficient (Wildman–Crippen LogP) is 2.01. The summed E-state index contributed by atoms with van der Waals surface area (Å²) in [6, 6.07) is 5.66. The van der Waals surface area contributed by atoms with E-state index in [1.807, 2.05) is 25.1 Å². The molecule has 0 spiro atoms. The van der Waals surface area contributed by atoms with Crippen molar-refractivity contribution >= 4 is 17.2 Å². The predicted molar refractivity (Wildman–Crippen MR) is 93.4 cm³/mol. The molecule has 25 heavy (non-hydrogen) atoms. The Balaban J connectivity index is 1.70. The number of hydrogen-bond acceptors (Lipinski definition) is 7. The van der Waals surface area contributed by atoms with Crippen molar-refractivity contribution in [3.8, 4) is 11.4 Å². The summed E-state index contributed by atoms with van der Waals surface area (Å²) < 4.78 is 5.33. The van der Waals surface area contributed by atoms with E-state index in [4.69, 9.17) is 9.63 Å². The van der Waals surface area contributed by atoms with Crippen LogP contribution in [0.5, 0.6) is 0 Å². The summed E-state index contributed by atoms with van der Waals surface area (Å²) >= 11 is 1.35. The van der Waals surface area contributed by atoms with Gasteiger partial charge >= 0.3 is 0 Å². The zero-order chi connectivity index (χ0) is 17.6. The summed E-state index contributed by atoms with van der Waals surface area (Å²) in [7, 11) is 0. The number of nitrogens with one attached hydrogen (secondary N) is 1. The smallest absolute Gasteiger partial charge is 0.263 e. The molecule has 3 rings (SSSR count). The van der Waals surface area contributed by atoms with E-state index in [-0.39, 0.29) is 19.1 Å². The van der Waals surface area contributed by atoms with Crippen molar-refractivity contribution in [2.45, 2.75) is 19.8 Å². The number of nitrogens with zero attached hydrogens (tertiary/aromatic N) is 3. The molecule has 7 nitrogen and oxygen atoms in total. The van der Waals surface area contributed by atoms with Crippen molar-refractivity contribution in [1.82, 2.24) is 20.4 Å². The molecule has 0 bridgehead atoms. The molecule has 0 radical (unpaired) electrons. The van der Waals surface area contributed by atoms with Crippen LogP contribution < -0.4 is 5.32 Å². The van der Waals surface area contributed by atoms with Crippen LogP contribution in [0.25, 0.3) is 11.4 Å². The second-order valence-corrected chi connectivity index (χ2v) is 6.49. The summed E-state index contributed by atoms with van der Waals surface area (Å²) in [5.74, 6) is 0.547. The van der Waals surface area contributed by atoms with Crippen LogP contribution in [0, 0.1) is 6.92 Å². The number of rotatable bonds is 7. The zero-order valence-electron chi connectivity index (χ0n) is 13.7. The Kier molecular flexibility index (Phi) is 5.52. The van der Waals surface area contributed by atoms with Crippen molar-refractivity contribution in [1.29, 1.82) is 0 Å². The van der Waals surface area contributed by atoms with Crippen molar-refractivity contribution in [2.75, 3.05) is 13.2 Å². The fourth-order valence-corrected chi connectivity index (χ4v) is 3.24. The Labute approximate surface area is 148 Å².